The summed E-state index contributed by atoms with van der Waals surface area (Å²) >= 11 is 1.68. The molecule has 2 heterocycles. The molecule has 3 heteroatoms. The van der Waals surface area contributed by atoms with E-state index in [1.165, 1.54) is 4.88 Å². The number of aryl methyl sites for hydroxylation is 1. The zero-order chi connectivity index (χ0) is 11.8. The van der Waals surface area contributed by atoms with Crippen LogP contribution in [0.15, 0.2) is 51.0 Å². The molecule has 0 aliphatic heterocycles. The maximum Gasteiger partial charge on any atom is 0.336 e. The molecule has 0 bridgehead atoms. The van der Waals surface area contributed by atoms with Gasteiger partial charge in [-0.3, -0.25) is 0 Å². The summed E-state index contributed by atoms with van der Waals surface area (Å²) in [6.45, 7) is 2.06. The van der Waals surface area contributed by atoms with E-state index in [1.54, 1.807) is 17.4 Å². The summed E-state index contributed by atoms with van der Waals surface area (Å²) in [6.07, 6.45) is 0. The number of benzene rings is 1. The average molecular weight is 242 g/mol. The molecule has 0 spiro atoms. The van der Waals surface area contributed by atoms with Crippen molar-refractivity contribution in [1.82, 2.24) is 0 Å². The van der Waals surface area contributed by atoms with Crippen molar-refractivity contribution in [1.29, 1.82) is 0 Å². The average Bonchev–Trinajstić information content (AvgIpc) is 2.74. The first-order chi connectivity index (χ1) is 8.25. The van der Waals surface area contributed by atoms with Gasteiger partial charge in [0.15, 0.2) is 0 Å². The molecule has 2 aromatic heterocycles. The summed E-state index contributed by atoms with van der Waals surface area (Å²) in [4.78, 5) is 12.8. The Morgan fingerprint density at radius 1 is 1.12 bits per heavy atom. The molecule has 0 radical (unpaired) electrons. The molecule has 0 N–H and O–H groups in total. The van der Waals surface area contributed by atoms with Crippen molar-refractivity contribution in [3.8, 4) is 11.1 Å². The lowest BCUT2D eigenvalue weighted by molar-refractivity contribution is 0.561. The molecule has 1 aromatic carbocycles. The Kier molecular flexibility index (Phi) is 2.34. The van der Waals surface area contributed by atoms with E-state index in [-0.39, 0.29) is 5.63 Å². The third-order valence-electron chi connectivity index (χ3n) is 2.80. The van der Waals surface area contributed by atoms with Gasteiger partial charge in [0.2, 0.25) is 0 Å². The van der Waals surface area contributed by atoms with Gasteiger partial charge in [-0.1, -0.05) is 18.2 Å². The van der Waals surface area contributed by atoms with E-state index in [0.717, 1.165) is 16.5 Å². The SMILES string of the molecule is Cc1sccc1-c1cc(=O)oc2ccccc12. The predicted molar refractivity (Wildman–Crippen MR) is 70.5 cm³/mol. The highest BCUT2D eigenvalue weighted by atomic mass is 32.1. The van der Waals surface area contributed by atoms with Crippen LogP contribution in [-0.4, -0.2) is 0 Å². The van der Waals surface area contributed by atoms with Gasteiger partial charge in [-0.25, -0.2) is 4.79 Å². The predicted octanol–water partition coefficient (Wildman–Crippen LogP) is 3.83. The van der Waals surface area contributed by atoms with Crippen molar-refractivity contribution in [2.75, 3.05) is 0 Å². The first-order valence-electron chi connectivity index (χ1n) is 5.33. The highest BCUT2D eigenvalue weighted by molar-refractivity contribution is 7.10. The summed E-state index contributed by atoms with van der Waals surface area (Å²) in [5.41, 5.74) is 2.40. The molecule has 0 unspecified atom stereocenters. The third-order valence-corrected chi connectivity index (χ3v) is 3.64. The molecule has 17 heavy (non-hydrogen) atoms. The van der Waals surface area contributed by atoms with Crippen LogP contribution in [0.4, 0.5) is 0 Å². The van der Waals surface area contributed by atoms with Gasteiger partial charge in [0.05, 0.1) is 0 Å². The molecule has 84 valence electrons. The lowest BCUT2D eigenvalue weighted by Gasteiger charge is -2.04. The largest absolute Gasteiger partial charge is 0.423 e. The van der Waals surface area contributed by atoms with Crippen LogP contribution >= 0.6 is 11.3 Å². The van der Waals surface area contributed by atoms with Crippen molar-refractivity contribution in [3.05, 3.63) is 57.1 Å². The van der Waals surface area contributed by atoms with Gasteiger partial charge in [0, 0.05) is 21.9 Å². The highest BCUT2D eigenvalue weighted by Crippen LogP contribution is 2.31. The Bertz CT molecular complexity index is 737. The van der Waals surface area contributed by atoms with Gasteiger partial charge in [-0.15, -0.1) is 11.3 Å². The highest BCUT2D eigenvalue weighted by Gasteiger charge is 2.09. The Labute approximate surface area is 102 Å². The number of hydrogen-bond acceptors (Lipinski definition) is 3. The van der Waals surface area contributed by atoms with E-state index < -0.39 is 0 Å². The Morgan fingerprint density at radius 3 is 2.71 bits per heavy atom. The minimum atomic E-state index is -0.302. The molecular formula is C14H10O2S. The van der Waals surface area contributed by atoms with Gasteiger partial charge >= 0.3 is 5.63 Å². The van der Waals surface area contributed by atoms with Crippen molar-refractivity contribution in [2.45, 2.75) is 6.92 Å². The molecule has 0 fully saturated rings. The summed E-state index contributed by atoms with van der Waals surface area (Å²) < 4.78 is 5.19. The first kappa shape index (κ1) is 10.3. The van der Waals surface area contributed by atoms with Gasteiger partial charge < -0.3 is 4.42 Å². The topological polar surface area (TPSA) is 30.2 Å². The van der Waals surface area contributed by atoms with E-state index in [0.29, 0.717) is 5.58 Å². The Balaban J connectivity index is 2.44. The van der Waals surface area contributed by atoms with E-state index >= 15 is 0 Å². The van der Waals surface area contributed by atoms with Crippen LogP contribution in [-0.2, 0) is 0 Å². The maximum absolute atomic E-state index is 11.5. The zero-order valence-electron chi connectivity index (χ0n) is 9.27. The fourth-order valence-corrected chi connectivity index (χ4v) is 2.71. The number of para-hydroxylation sites is 1. The lowest BCUT2D eigenvalue weighted by atomic mass is 10.0. The lowest BCUT2D eigenvalue weighted by Crippen LogP contribution is -1.97. The number of fused-ring (bicyclic) bond motifs is 1. The maximum atomic E-state index is 11.5. The molecule has 3 rings (SSSR count). The minimum Gasteiger partial charge on any atom is -0.423 e. The molecule has 0 aliphatic rings. The first-order valence-corrected chi connectivity index (χ1v) is 6.21. The van der Waals surface area contributed by atoms with Crippen molar-refractivity contribution in [3.63, 3.8) is 0 Å². The molecular weight excluding hydrogens is 232 g/mol. The zero-order valence-corrected chi connectivity index (χ0v) is 10.1. The standard InChI is InChI=1S/C14H10O2S/c1-9-10(6-7-17-9)12-8-14(15)16-13-5-3-2-4-11(12)13/h2-8H,1H3. The molecule has 0 aliphatic carbocycles. The minimum absolute atomic E-state index is 0.302. The fourth-order valence-electron chi connectivity index (χ4n) is 2.00. The second-order valence-electron chi connectivity index (χ2n) is 3.87. The fraction of sp³-hybridized carbons (Fsp3) is 0.0714. The number of thiophene rings is 1. The Morgan fingerprint density at radius 2 is 1.94 bits per heavy atom. The quantitative estimate of drug-likeness (QED) is 0.607. The van der Waals surface area contributed by atoms with E-state index in [1.807, 2.05) is 35.7 Å². The molecule has 2 nitrogen and oxygen atoms in total. The molecule has 3 aromatic rings. The van der Waals surface area contributed by atoms with Crippen LogP contribution in [0.25, 0.3) is 22.1 Å². The van der Waals surface area contributed by atoms with Gasteiger partial charge in [-0.2, -0.15) is 0 Å². The smallest absolute Gasteiger partial charge is 0.336 e. The van der Waals surface area contributed by atoms with Crippen LogP contribution in [0.1, 0.15) is 4.88 Å². The molecule has 0 amide bonds. The number of rotatable bonds is 1. The second-order valence-corrected chi connectivity index (χ2v) is 4.99. The van der Waals surface area contributed by atoms with Crippen LogP contribution in [0.3, 0.4) is 0 Å². The summed E-state index contributed by atoms with van der Waals surface area (Å²) in [6, 6.07) is 11.2. The summed E-state index contributed by atoms with van der Waals surface area (Å²) in [7, 11) is 0. The van der Waals surface area contributed by atoms with Crippen LogP contribution in [0.5, 0.6) is 0 Å². The number of hydrogen-bond donors (Lipinski definition) is 0. The van der Waals surface area contributed by atoms with Crippen molar-refractivity contribution >= 4 is 22.3 Å². The van der Waals surface area contributed by atoms with Crippen molar-refractivity contribution in [2.24, 2.45) is 0 Å². The van der Waals surface area contributed by atoms with E-state index in [4.69, 9.17) is 4.42 Å². The van der Waals surface area contributed by atoms with E-state index in [9.17, 15) is 4.79 Å². The third kappa shape index (κ3) is 1.68. The van der Waals surface area contributed by atoms with Crippen molar-refractivity contribution < 1.29 is 4.42 Å². The van der Waals surface area contributed by atoms with Crippen LogP contribution in [0, 0.1) is 6.92 Å². The van der Waals surface area contributed by atoms with Gasteiger partial charge in [0.25, 0.3) is 0 Å². The van der Waals surface area contributed by atoms with E-state index in [2.05, 4.69) is 6.92 Å². The second kappa shape index (κ2) is 3.86. The summed E-state index contributed by atoms with van der Waals surface area (Å²) in [5, 5.41) is 3.02. The van der Waals surface area contributed by atoms with Crippen LogP contribution < -0.4 is 5.63 Å². The molecule has 0 saturated heterocycles. The molecule has 0 saturated carbocycles. The monoisotopic (exact) mass is 242 g/mol. The summed E-state index contributed by atoms with van der Waals surface area (Å²) in [5.74, 6) is 0. The normalized spacial score (nSPS) is 10.9. The van der Waals surface area contributed by atoms with Crippen LogP contribution in [0.2, 0.25) is 0 Å². The van der Waals surface area contributed by atoms with Gasteiger partial charge in [0.1, 0.15) is 5.58 Å². The Hall–Kier alpha value is -1.87. The van der Waals surface area contributed by atoms with Gasteiger partial charge in [-0.05, 0) is 30.0 Å². The molecule has 0 atom stereocenters.